The number of benzene rings is 1. The van der Waals surface area contributed by atoms with Crippen LogP contribution in [0.25, 0.3) is 0 Å². The summed E-state index contributed by atoms with van der Waals surface area (Å²) in [6, 6.07) is 4.78. The van der Waals surface area contributed by atoms with Crippen molar-refractivity contribution in [3.05, 3.63) is 50.1 Å². The fourth-order valence-corrected chi connectivity index (χ4v) is 4.46. The molecule has 4 nitrogen and oxygen atoms in total. The van der Waals surface area contributed by atoms with Gasteiger partial charge in [0.1, 0.15) is 4.90 Å². The van der Waals surface area contributed by atoms with E-state index in [4.69, 9.17) is 27.9 Å². The van der Waals surface area contributed by atoms with Crippen molar-refractivity contribution in [3.63, 3.8) is 0 Å². The van der Waals surface area contributed by atoms with E-state index in [9.17, 15) is 8.42 Å². The highest BCUT2D eigenvalue weighted by molar-refractivity contribution is 7.89. The van der Waals surface area contributed by atoms with E-state index in [-0.39, 0.29) is 22.6 Å². The lowest BCUT2D eigenvalue weighted by molar-refractivity contribution is 0.107. The average Bonchev–Trinajstić information content (AvgIpc) is 2.97. The topological polar surface area (TPSA) is 55.4 Å². The minimum absolute atomic E-state index is 0.0104. The van der Waals surface area contributed by atoms with Crippen molar-refractivity contribution in [2.75, 3.05) is 13.7 Å². The number of rotatable bonds is 6. The molecule has 1 aromatic heterocycles. The van der Waals surface area contributed by atoms with Crippen LogP contribution < -0.4 is 4.72 Å². The molecule has 0 aliphatic rings. The van der Waals surface area contributed by atoms with E-state index in [0.29, 0.717) is 10.6 Å². The fraction of sp³-hybridized carbons (Fsp3) is 0.286. The zero-order valence-electron chi connectivity index (χ0n) is 12.0. The largest absolute Gasteiger partial charge is 0.375 e. The van der Waals surface area contributed by atoms with Crippen molar-refractivity contribution in [2.45, 2.75) is 17.9 Å². The maximum absolute atomic E-state index is 12.4. The molecular formula is C14H15Cl2NO3S2. The van der Waals surface area contributed by atoms with Crippen LogP contribution >= 0.6 is 34.5 Å². The summed E-state index contributed by atoms with van der Waals surface area (Å²) in [7, 11) is -2.21. The third kappa shape index (κ3) is 4.01. The van der Waals surface area contributed by atoms with Crippen molar-refractivity contribution in [2.24, 2.45) is 0 Å². The second-order valence-corrected chi connectivity index (χ2v) is 7.99. The number of hydrogen-bond donors (Lipinski definition) is 1. The van der Waals surface area contributed by atoms with Gasteiger partial charge in [0.2, 0.25) is 10.0 Å². The summed E-state index contributed by atoms with van der Waals surface area (Å²) in [5, 5.41) is 4.35. The van der Waals surface area contributed by atoms with Crippen LogP contribution in [0.5, 0.6) is 0 Å². The highest BCUT2D eigenvalue weighted by Gasteiger charge is 2.21. The van der Waals surface area contributed by atoms with Crippen molar-refractivity contribution in [1.82, 2.24) is 4.72 Å². The quantitative estimate of drug-likeness (QED) is 0.823. The van der Waals surface area contributed by atoms with E-state index < -0.39 is 10.0 Å². The summed E-state index contributed by atoms with van der Waals surface area (Å²) in [5.74, 6) is 0. The molecule has 0 aliphatic carbocycles. The lowest BCUT2D eigenvalue weighted by atomic mass is 10.2. The van der Waals surface area contributed by atoms with E-state index in [1.54, 1.807) is 6.92 Å². The van der Waals surface area contributed by atoms with Gasteiger partial charge < -0.3 is 4.74 Å². The van der Waals surface area contributed by atoms with Crippen LogP contribution in [0.2, 0.25) is 10.0 Å². The second-order valence-electron chi connectivity index (χ2n) is 4.66. The highest BCUT2D eigenvalue weighted by Crippen LogP contribution is 2.28. The molecule has 8 heteroatoms. The Morgan fingerprint density at radius 3 is 2.64 bits per heavy atom. The Hall–Kier alpha value is -0.630. The first-order valence-electron chi connectivity index (χ1n) is 6.35. The van der Waals surface area contributed by atoms with Crippen LogP contribution in [0.1, 0.15) is 17.2 Å². The SMILES string of the molecule is COC(CNS(=O)(=O)c1cc(C)c(Cl)cc1Cl)c1ccsc1. The van der Waals surface area contributed by atoms with Gasteiger partial charge in [0, 0.05) is 18.7 Å². The van der Waals surface area contributed by atoms with Gasteiger partial charge in [-0.3, -0.25) is 0 Å². The van der Waals surface area contributed by atoms with Crippen molar-refractivity contribution < 1.29 is 13.2 Å². The van der Waals surface area contributed by atoms with Gasteiger partial charge in [-0.15, -0.1) is 0 Å². The highest BCUT2D eigenvalue weighted by atomic mass is 35.5. The van der Waals surface area contributed by atoms with Crippen LogP contribution in [0.4, 0.5) is 0 Å². The van der Waals surface area contributed by atoms with E-state index in [2.05, 4.69) is 4.72 Å². The summed E-state index contributed by atoms with van der Waals surface area (Å²) in [4.78, 5) is 0.0104. The van der Waals surface area contributed by atoms with Gasteiger partial charge in [0.15, 0.2) is 0 Å². The normalized spacial score (nSPS) is 13.3. The molecule has 0 amide bonds. The zero-order chi connectivity index (χ0) is 16.3. The van der Waals surface area contributed by atoms with E-state index in [1.165, 1.54) is 30.6 Å². The summed E-state index contributed by atoms with van der Waals surface area (Å²) < 4.78 is 32.7. The third-order valence-corrected chi connectivity index (χ3v) is 6.16. The molecule has 0 bridgehead atoms. The number of thiophene rings is 1. The molecule has 2 rings (SSSR count). The molecule has 1 N–H and O–H groups in total. The Labute approximate surface area is 144 Å². The number of halogens is 2. The Kier molecular flexibility index (Phi) is 5.87. The van der Waals surface area contributed by atoms with E-state index in [0.717, 1.165) is 5.56 Å². The molecule has 22 heavy (non-hydrogen) atoms. The van der Waals surface area contributed by atoms with Gasteiger partial charge in [0.25, 0.3) is 0 Å². The van der Waals surface area contributed by atoms with Crippen LogP contribution in [-0.4, -0.2) is 22.1 Å². The molecule has 0 aliphatic heterocycles. The van der Waals surface area contributed by atoms with Crippen molar-refractivity contribution in [3.8, 4) is 0 Å². The Morgan fingerprint density at radius 1 is 1.32 bits per heavy atom. The molecule has 1 unspecified atom stereocenters. The lowest BCUT2D eigenvalue weighted by Gasteiger charge is -2.16. The first-order valence-corrected chi connectivity index (χ1v) is 9.53. The Balaban J connectivity index is 2.19. The minimum atomic E-state index is -3.74. The van der Waals surface area contributed by atoms with Gasteiger partial charge in [0.05, 0.1) is 11.1 Å². The first kappa shape index (κ1) is 17.7. The summed E-state index contributed by atoms with van der Waals surface area (Å²) in [6.07, 6.45) is -0.354. The number of hydrogen-bond acceptors (Lipinski definition) is 4. The molecule has 0 saturated carbocycles. The first-order chi connectivity index (χ1) is 10.3. The summed E-state index contributed by atoms with van der Waals surface area (Å²) in [6.45, 7) is 1.84. The van der Waals surface area contributed by atoms with Crippen LogP contribution in [0, 0.1) is 6.92 Å². The molecule has 0 spiro atoms. The van der Waals surface area contributed by atoms with Crippen molar-refractivity contribution >= 4 is 44.6 Å². The molecule has 0 saturated heterocycles. The van der Waals surface area contributed by atoms with Gasteiger partial charge in [-0.2, -0.15) is 11.3 Å². The van der Waals surface area contributed by atoms with Gasteiger partial charge in [-0.25, -0.2) is 13.1 Å². The number of nitrogens with one attached hydrogen (secondary N) is 1. The van der Waals surface area contributed by atoms with Crippen molar-refractivity contribution in [1.29, 1.82) is 0 Å². The average molecular weight is 380 g/mol. The number of aryl methyl sites for hydroxylation is 1. The molecule has 1 heterocycles. The number of methoxy groups -OCH3 is 1. The predicted molar refractivity (Wildman–Crippen MR) is 90.5 cm³/mol. The Morgan fingerprint density at radius 2 is 2.05 bits per heavy atom. The number of ether oxygens (including phenoxy) is 1. The molecule has 0 fully saturated rings. The molecule has 1 aromatic carbocycles. The maximum Gasteiger partial charge on any atom is 0.242 e. The van der Waals surface area contributed by atoms with Gasteiger partial charge >= 0.3 is 0 Å². The van der Waals surface area contributed by atoms with Gasteiger partial charge in [-0.05, 0) is 47.0 Å². The smallest absolute Gasteiger partial charge is 0.242 e. The Bertz CT molecular complexity index is 746. The monoisotopic (exact) mass is 379 g/mol. The fourth-order valence-electron chi connectivity index (χ4n) is 1.90. The maximum atomic E-state index is 12.4. The van der Waals surface area contributed by atoms with Crippen LogP contribution in [0.15, 0.2) is 33.9 Å². The minimum Gasteiger partial charge on any atom is -0.375 e. The molecule has 120 valence electrons. The van der Waals surface area contributed by atoms with Gasteiger partial charge in [-0.1, -0.05) is 23.2 Å². The van der Waals surface area contributed by atoms with Crippen LogP contribution in [0.3, 0.4) is 0 Å². The molecule has 2 aromatic rings. The van der Waals surface area contributed by atoms with Crippen LogP contribution in [-0.2, 0) is 14.8 Å². The predicted octanol–water partition coefficient (Wildman–Crippen LogP) is 4.03. The molecule has 0 radical (unpaired) electrons. The zero-order valence-corrected chi connectivity index (χ0v) is 15.1. The standard InChI is InChI=1S/C14H15Cl2NO3S2/c1-9-5-14(12(16)6-11(9)15)22(18,19)17-7-13(20-2)10-3-4-21-8-10/h3-6,8,13,17H,7H2,1-2H3. The summed E-state index contributed by atoms with van der Waals surface area (Å²) >= 11 is 13.5. The van der Waals surface area contributed by atoms with E-state index in [1.807, 2.05) is 16.8 Å². The van der Waals surface area contributed by atoms with E-state index >= 15 is 0 Å². The number of sulfonamides is 1. The molecular weight excluding hydrogens is 365 g/mol. The second kappa shape index (κ2) is 7.29. The third-order valence-electron chi connectivity index (χ3n) is 3.16. The summed E-state index contributed by atoms with van der Waals surface area (Å²) in [5.41, 5.74) is 1.57. The molecule has 1 atom stereocenters. The lowest BCUT2D eigenvalue weighted by Crippen LogP contribution is -2.29.